The first-order chi connectivity index (χ1) is 9.86. The third-order valence-electron chi connectivity index (χ3n) is 4.64. The Morgan fingerprint density at radius 3 is 2.76 bits per heavy atom. The summed E-state index contributed by atoms with van der Waals surface area (Å²) in [7, 11) is 0. The summed E-state index contributed by atoms with van der Waals surface area (Å²) in [5.41, 5.74) is 2.93. The summed E-state index contributed by atoms with van der Waals surface area (Å²) in [6.07, 6.45) is 2.54. The van der Waals surface area contributed by atoms with Gasteiger partial charge in [0, 0.05) is 32.2 Å². The number of piperazine rings is 1. The van der Waals surface area contributed by atoms with E-state index in [-0.39, 0.29) is 12.4 Å². The molecule has 0 radical (unpaired) electrons. The Morgan fingerprint density at radius 1 is 1.29 bits per heavy atom. The minimum absolute atomic E-state index is 0. The van der Waals surface area contributed by atoms with Crippen LogP contribution in [0.1, 0.15) is 30.5 Å². The second kappa shape index (κ2) is 8.42. The largest absolute Gasteiger partial charge is 0.314 e. The molecule has 0 bridgehead atoms. The summed E-state index contributed by atoms with van der Waals surface area (Å²) in [5.74, 6) is 3.65. The van der Waals surface area contributed by atoms with Crippen molar-refractivity contribution in [2.75, 3.05) is 37.7 Å². The molecule has 2 heterocycles. The van der Waals surface area contributed by atoms with E-state index in [2.05, 4.69) is 53.2 Å². The molecule has 2 fully saturated rings. The Morgan fingerprint density at radius 2 is 2.10 bits per heavy atom. The van der Waals surface area contributed by atoms with Gasteiger partial charge in [-0.15, -0.1) is 12.4 Å². The van der Waals surface area contributed by atoms with Crippen LogP contribution in [0.2, 0.25) is 0 Å². The number of aryl methyl sites for hydroxylation is 1. The topological polar surface area (TPSA) is 15.3 Å². The fraction of sp³-hybridized carbons (Fsp3) is 0.647. The Labute approximate surface area is 139 Å². The highest BCUT2D eigenvalue weighted by Crippen LogP contribution is 2.29. The molecule has 2 unspecified atom stereocenters. The third-order valence-corrected chi connectivity index (χ3v) is 5.88. The average molecular weight is 327 g/mol. The Kier molecular flexibility index (Phi) is 6.87. The number of hydrogen-bond acceptors (Lipinski definition) is 3. The van der Waals surface area contributed by atoms with E-state index < -0.39 is 0 Å². The number of nitrogens with one attached hydrogen (secondary N) is 1. The maximum absolute atomic E-state index is 3.57. The van der Waals surface area contributed by atoms with E-state index in [0.29, 0.717) is 6.04 Å². The highest BCUT2D eigenvalue weighted by molar-refractivity contribution is 7.99. The molecular weight excluding hydrogens is 300 g/mol. The summed E-state index contributed by atoms with van der Waals surface area (Å²) < 4.78 is 0. The van der Waals surface area contributed by atoms with Crippen molar-refractivity contribution in [2.24, 2.45) is 5.92 Å². The second-order valence-corrected chi connectivity index (χ2v) is 7.19. The first-order valence-electron chi connectivity index (χ1n) is 7.98. The van der Waals surface area contributed by atoms with Crippen molar-refractivity contribution in [3.63, 3.8) is 0 Å². The number of hydrogen-bond donors (Lipinski definition) is 1. The van der Waals surface area contributed by atoms with Gasteiger partial charge in [-0.25, -0.2) is 0 Å². The van der Waals surface area contributed by atoms with Gasteiger partial charge >= 0.3 is 0 Å². The fourth-order valence-electron chi connectivity index (χ4n) is 3.33. The second-order valence-electron chi connectivity index (χ2n) is 6.04. The molecule has 0 amide bonds. The van der Waals surface area contributed by atoms with Crippen molar-refractivity contribution in [2.45, 2.75) is 25.8 Å². The van der Waals surface area contributed by atoms with Crippen molar-refractivity contribution in [1.82, 2.24) is 10.2 Å². The SMILES string of the molecule is CCc1ccc(C2CNCCN2CC2CCSC2)cc1.Cl. The lowest BCUT2D eigenvalue weighted by molar-refractivity contribution is 0.142. The van der Waals surface area contributed by atoms with Crippen LogP contribution in [0.25, 0.3) is 0 Å². The molecular formula is C17H27ClN2S. The molecule has 0 aliphatic carbocycles. The van der Waals surface area contributed by atoms with E-state index in [1.54, 1.807) is 0 Å². The van der Waals surface area contributed by atoms with Gasteiger partial charge in [0.25, 0.3) is 0 Å². The molecule has 1 N–H and O–H groups in total. The molecule has 2 atom stereocenters. The van der Waals surface area contributed by atoms with Gasteiger partial charge in [0.05, 0.1) is 0 Å². The van der Waals surface area contributed by atoms with Crippen molar-refractivity contribution < 1.29 is 0 Å². The molecule has 2 aliphatic heterocycles. The predicted octanol–water partition coefficient (Wildman–Crippen LogP) is 3.37. The summed E-state index contributed by atoms with van der Waals surface area (Å²) >= 11 is 2.13. The number of thioether (sulfide) groups is 1. The lowest BCUT2D eigenvalue weighted by Crippen LogP contribution is -2.47. The molecule has 0 saturated carbocycles. The number of halogens is 1. The maximum atomic E-state index is 3.57. The van der Waals surface area contributed by atoms with Gasteiger partial charge in [0.15, 0.2) is 0 Å². The summed E-state index contributed by atoms with van der Waals surface area (Å²) in [6.45, 7) is 6.95. The molecule has 21 heavy (non-hydrogen) atoms. The monoisotopic (exact) mass is 326 g/mol. The Hall–Kier alpha value is -0.220. The van der Waals surface area contributed by atoms with E-state index in [0.717, 1.165) is 25.4 Å². The molecule has 1 aromatic carbocycles. The van der Waals surface area contributed by atoms with Crippen LogP contribution in [-0.4, -0.2) is 42.6 Å². The third kappa shape index (κ3) is 4.38. The van der Waals surface area contributed by atoms with E-state index in [4.69, 9.17) is 0 Å². The zero-order valence-corrected chi connectivity index (χ0v) is 14.5. The number of rotatable bonds is 4. The van der Waals surface area contributed by atoms with Crippen LogP contribution in [0.4, 0.5) is 0 Å². The number of benzene rings is 1. The first kappa shape index (κ1) is 17.1. The highest BCUT2D eigenvalue weighted by Gasteiger charge is 2.27. The molecule has 2 nitrogen and oxygen atoms in total. The van der Waals surface area contributed by atoms with Crippen LogP contribution in [0.3, 0.4) is 0 Å². The number of nitrogens with zero attached hydrogens (tertiary/aromatic N) is 1. The highest BCUT2D eigenvalue weighted by atomic mass is 35.5. The van der Waals surface area contributed by atoms with Crippen LogP contribution < -0.4 is 5.32 Å². The van der Waals surface area contributed by atoms with Crippen molar-refractivity contribution in [1.29, 1.82) is 0 Å². The van der Waals surface area contributed by atoms with E-state index >= 15 is 0 Å². The van der Waals surface area contributed by atoms with Crippen LogP contribution in [-0.2, 0) is 6.42 Å². The van der Waals surface area contributed by atoms with Gasteiger partial charge in [0.1, 0.15) is 0 Å². The standard InChI is InChI=1S/C17H26N2S.ClH/c1-2-14-3-5-16(6-4-14)17-11-18-8-9-19(17)12-15-7-10-20-13-15;/h3-6,15,17-18H,2,7-13H2,1H3;1H. The normalized spacial score (nSPS) is 26.5. The maximum Gasteiger partial charge on any atom is 0.0473 e. The smallest absolute Gasteiger partial charge is 0.0473 e. The van der Waals surface area contributed by atoms with Gasteiger partial charge in [-0.2, -0.15) is 11.8 Å². The summed E-state index contributed by atoms with van der Waals surface area (Å²) in [6, 6.07) is 9.85. The van der Waals surface area contributed by atoms with E-state index in [1.807, 2.05) is 0 Å². The van der Waals surface area contributed by atoms with Gasteiger partial charge < -0.3 is 5.32 Å². The molecule has 118 valence electrons. The zero-order chi connectivity index (χ0) is 13.8. The minimum Gasteiger partial charge on any atom is -0.314 e. The quantitative estimate of drug-likeness (QED) is 0.913. The van der Waals surface area contributed by atoms with Crippen LogP contribution in [0.15, 0.2) is 24.3 Å². The lowest BCUT2D eigenvalue weighted by atomic mass is 9.99. The van der Waals surface area contributed by atoms with Crippen LogP contribution >= 0.6 is 24.2 Å². The lowest BCUT2D eigenvalue weighted by Gasteiger charge is -2.38. The van der Waals surface area contributed by atoms with Crippen molar-refractivity contribution in [3.8, 4) is 0 Å². The molecule has 2 saturated heterocycles. The van der Waals surface area contributed by atoms with Gasteiger partial charge in [-0.05, 0) is 41.4 Å². The molecule has 2 aliphatic rings. The van der Waals surface area contributed by atoms with E-state index in [9.17, 15) is 0 Å². The van der Waals surface area contributed by atoms with Crippen molar-refractivity contribution in [3.05, 3.63) is 35.4 Å². The average Bonchev–Trinajstić information content (AvgIpc) is 3.01. The molecule has 4 heteroatoms. The molecule has 1 aromatic rings. The van der Waals surface area contributed by atoms with Gasteiger partial charge in [-0.1, -0.05) is 31.2 Å². The Balaban J connectivity index is 0.00000161. The fourth-order valence-corrected chi connectivity index (χ4v) is 4.60. The van der Waals surface area contributed by atoms with Crippen LogP contribution in [0.5, 0.6) is 0 Å². The minimum atomic E-state index is 0. The first-order valence-corrected chi connectivity index (χ1v) is 9.13. The van der Waals surface area contributed by atoms with Gasteiger partial charge in [0.2, 0.25) is 0 Å². The summed E-state index contributed by atoms with van der Waals surface area (Å²) in [4.78, 5) is 2.72. The summed E-state index contributed by atoms with van der Waals surface area (Å²) in [5, 5.41) is 3.57. The van der Waals surface area contributed by atoms with Crippen LogP contribution in [0, 0.1) is 5.92 Å². The van der Waals surface area contributed by atoms with Gasteiger partial charge in [-0.3, -0.25) is 4.90 Å². The molecule has 3 rings (SSSR count). The molecule has 0 aromatic heterocycles. The zero-order valence-electron chi connectivity index (χ0n) is 12.9. The van der Waals surface area contributed by atoms with E-state index in [1.165, 1.54) is 42.1 Å². The molecule has 0 spiro atoms. The Bertz CT molecular complexity index is 417. The van der Waals surface area contributed by atoms with Crippen molar-refractivity contribution >= 4 is 24.2 Å². The predicted molar refractivity (Wildman–Crippen MR) is 95.7 cm³/mol.